The number of nitrogens with one attached hydrogen (secondary N) is 1. The number of aryl methyl sites for hydroxylation is 1. The number of carbonyl (C=O) groups excluding carboxylic acids is 1. The fraction of sp³-hybridized carbons (Fsp3) is 0.562. The van der Waals surface area contributed by atoms with Crippen LogP contribution in [-0.2, 0) is 16.0 Å². The molecule has 0 aromatic heterocycles. The van der Waals surface area contributed by atoms with Crippen molar-refractivity contribution in [2.24, 2.45) is 5.92 Å². The molecule has 1 aliphatic carbocycles. The van der Waals surface area contributed by atoms with Gasteiger partial charge in [-0.25, -0.2) is 0 Å². The van der Waals surface area contributed by atoms with E-state index in [0.717, 1.165) is 23.7 Å². The van der Waals surface area contributed by atoms with Crippen LogP contribution < -0.4 is 5.32 Å². The standard InChI is InChI=1S/C16H22BrNO2/c1-10(2)8-15(16(19)20-3)18-14-7-4-11-9-12(17)5-6-13(11)14/h5-6,9-10,14-15,18H,4,7-8H2,1-3H3. The summed E-state index contributed by atoms with van der Waals surface area (Å²) >= 11 is 3.51. The summed E-state index contributed by atoms with van der Waals surface area (Å²) in [6, 6.07) is 6.41. The lowest BCUT2D eigenvalue weighted by Gasteiger charge is -2.23. The van der Waals surface area contributed by atoms with Gasteiger partial charge >= 0.3 is 5.97 Å². The van der Waals surface area contributed by atoms with Crippen LogP contribution in [0.25, 0.3) is 0 Å². The van der Waals surface area contributed by atoms with Gasteiger partial charge < -0.3 is 4.74 Å². The Morgan fingerprint density at radius 2 is 2.25 bits per heavy atom. The van der Waals surface area contributed by atoms with E-state index in [-0.39, 0.29) is 18.1 Å². The molecule has 0 saturated carbocycles. The van der Waals surface area contributed by atoms with E-state index in [2.05, 4.69) is 53.3 Å². The smallest absolute Gasteiger partial charge is 0.322 e. The van der Waals surface area contributed by atoms with Gasteiger partial charge in [-0.05, 0) is 48.4 Å². The van der Waals surface area contributed by atoms with Crippen molar-refractivity contribution in [2.45, 2.75) is 45.2 Å². The van der Waals surface area contributed by atoms with Crippen LogP contribution in [0.3, 0.4) is 0 Å². The molecule has 4 heteroatoms. The van der Waals surface area contributed by atoms with Gasteiger partial charge in [-0.3, -0.25) is 10.1 Å². The lowest BCUT2D eigenvalue weighted by molar-refractivity contribution is -0.143. The van der Waals surface area contributed by atoms with E-state index in [4.69, 9.17) is 4.74 Å². The molecule has 3 nitrogen and oxygen atoms in total. The van der Waals surface area contributed by atoms with Crippen molar-refractivity contribution in [2.75, 3.05) is 7.11 Å². The Hall–Kier alpha value is -0.870. The van der Waals surface area contributed by atoms with Gasteiger partial charge in [-0.2, -0.15) is 0 Å². The molecular formula is C16H22BrNO2. The van der Waals surface area contributed by atoms with Crippen molar-refractivity contribution in [3.63, 3.8) is 0 Å². The number of hydrogen-bond acceptors (Lipinski definition) is 3. The summed E-state index contributed by atoms with van der Waals surface area (Å²) < 4.78 is 6.04. The first-order valence-corrected chi connectivity index (χ1v) is 7.92. The van der Waals surface area contributed by atoms with Crippen LogP contribution in [-0.4, -0.2) is 19.1 Å². The first-order valence-electron chi connectivity index (χ1n) is 7.13. The molecule has 2 atom stereocenters. The van der Waals surface area contributed by atoms with Crippen LogP contribution in [0.1, 0.15) is 43.9 Å². The molecule has 2 unspecified atom stereocenters. The molecule has 1 aliphatic rings. The number of fused-ring (bicyclic) bond motifs is 1. The minimum absolute atomic E-state index is 0.163. The predicted octanol–water partition coefficient (Wildman–Crippen LogP) is 3.61. The molecule has 1 aromatic carbocycles. The fourth-order valence-corrected chi connectivity index (χ4v) is 3.26. The lowest BCUT2D eigenvalue weighted by Crippen LogP contribution is -2.40. The third-order valence-electron chi connectivity index (χ3n) is 3.78. The number of esters is 1. The molecule has 0 radical (unpaired) electrons. The zero-order valence-electron chi connectivity index (χ0n) is 12.3. The summed E-state index contributed by atoms with van der Waals surface area (Å²) in [4.78, 5) is 11.9. The van der Waals surface area contributed by atoms with Crippen molar-refractivity contribution < 1.29 is 9.53 Å². The monoisotopic (exact) mass is 339 g/mol. The van der Waals surface area contributed by atoms with Gasteiger partial charge in [0.25, 0.3) is 0 Å². The van der Waals surface area contributed by atoms with Crippen molar-refractivity contribution in [3.8, 4) is 0 Å². The highest BCUT2D eigenvalue weighted by molar-refractivity contribution is 9.10. The Morgan fingerprint density at radius 1 is 1.50 bits per heavy atom. The first kappa shape index (κ1) is 15.5. The zero-order chi connectivity index (χ0) is 14.7. The highest BCUT2D eigenvalue weighted by atomic mass is 79.9. The predicted molar refractivity (Wildman–Crippen MR) is 83.6 cm³/mol. The van der Waals surface area contributed by atoms with E-state index >= 15 is 0 Å². The van der Waals surface area contributed by atoms with E-state index in [1.165, 1.54) is 18.2 Å². The van der Waals surface area contributed by atoms with Gasteiger partial charge in [0.15, 0.2) is 0 Å². The quantitative estimate of drug-likeness (QED) is 0.832. The zero-order valence-corrected chi connectivity index (χ0v) is 13.9. The Balaban J connectivity index is 2.11. The van der Waals surface area contributed by atoms with E-state index < -0.39 is 0 Å². The maximum absolute atomic E-state index is 11.9. The third kappa shape index (κ3) is 3.61. The lowest BCUT2D eigenvalue weighted by atomic mass is 10.0. The molecule has 0 aliphatic heterocycles. The first-order chi connectivity index (χ1) is 9.51. The van der Waals surface area contributed by atoms with Gasteiger partial charge in [-0.15, -0.1) is 0 Å². The Labute approximate surface area is 129 Å². The average molecular weight is 340 g/mol. The topological polar surface area (TPSA) is 38.3 Å². The molecular weight excluding hydrogens is 318 g/mol. The number of carbonyl (C=O) groups is 1. The summed E-state index contributed by atoms with van der Waals surface area (Å²) in [6.45, 7) is 4.24. The highest BCUT2D eigenvalue weighted by Gasteiger charge is 2.28. The molecule has 0 saturated heterocycles. The summed E-state index contributed by atoms with van der Waals surface area (Å²) in [6.07, 6.45) is 2.90. The van der Waals surface area contributed by atoms with Crippen molar-refractivity contribution in [3.05, 3.63) is 33.8 Å². The molecule has 2 rings (SSSR count). The maximum Gasteiger partial charge on any atom is 0.322 e. The Morgan fingerprint density at radius 3 is 2.90 bits per heavy atom. The molecule has 0 spiro atoms. The van der Waals surface area contributed by atoms with Crippen LogP contribution in [0.2, 0.25) is 0 Å². The third-order valence-corrected chi connectivity index (χ3v) is 4.27. The van der Waals surface area contributed by atoms with Crippen LogP contribution >= 0.6 is 15.9 Å². The number of hydrogen-bond donors (Lipinski definition) is 1. The van der Waals surface area contributed by atoms with Gasteiger partial charge in [0.05, 0.1) is 7.11 Å². The van der Waals surface area contributed by atoms with E-state index in [0.29, 0.717) is 5.92 Å². The van der Waals surface area contributed by atoms with Gasteiger partial charge in [-0.1, -0.05) is 35.8 Å². The molecule has 110 valence electrons. The number of halogens is 1. The van der Waals surface area contributed by atoms with Gasteiger partial charge in [0.1, 0.15) is 6.04 Å². The molecule has 1 N–H and O–H groups in total. The second-order valence-corrected chi connectivity index (χ2v) is 6.72. The molecule has 20 heavy (non-hydrogen) atoms. The normalized spacial score (nSPS) is 18.9. The second-order valence-electron chi connectivity index (χ2n) is 5.81. The SMILES string of the molecule is COC(=O)C(CC(C)C)NC1CCc2cc(Br)ccc21. The summed E-state index contributed by atoms with van der Waals surface area (Å²) in [5.41, 5.74) is 2.68. The molecule has 0 heterocycles. The fourth-order valence-electron chi connectivity index (χ4n) is 2.85. The summed E-state index contributed by atoms with van der Waals surface area (Å²) in [5.74, 6) is 0.293. The van der Waals surface area contributed by atoms with E-state index in [1.54, 1.807) is 0 Å². The van der Waals surface area contributed by atoms with Gasteiger partial charge in [0.2, 0.25) is 0 Å². The number of methoxy groups -OCH3 is 1. The second kappa shape index (κ2) is 6.72. The van der Waals surface area contributed by atoms with Crippen molar-refractivity contribution in [1.29, 1.82) is 0 Å². The number of rotatable bonds is 5. The number of ether oxygens (including phenoxy) is 1. The Kier molecular flexibility index (Phi) is 5.22. The van der Waals surface area contributed by atoms with Gasteiger partial charge in [0, 0.05) is 10.5 Å². The van der Waals surface area contributed by atoms with Crippen LogP contribution in [0, 0.1) is 5.92 Å². The molecule has 0 amide bonds. The number of benzene rings is 1. The van der Waals surface area contributed by atoms with Crippen LogP contribution in [0.15, 0.2) is 22.7 Å². The summed E-state index contributed by atoms with van der Waals surface area (Å²) in [7, 11) is 1.46. The highest BCUT2D eigenvalue weighted by Crippen LogP contribution is 2.33. The van der Waals surface area contributed by atoms with Crippen molar-refractivity contribution in [1.82, 2.24) is 5.32 Å². The molecule has 0 fully saturated rings. The maximum atomic E-state index is 11.9. The minimum atomic E-state index is -0.223. The van der Waals surface area contributed by atoms with E-state index in [9.17, 15) is 4.79 Å². The van der Waals surface area contributed by atoms with E-state index in [1.807, 2.05) is 0 Å². The minimum Gasteiger partial charge on any atom is -0.468 e. The largest absolute Gasteiger partial charge is 0.468 e. The van der Waals surface area contributed by atoms with Crippen LogP contribution in [0.5, 0.6) is 0 Å². The molecule has 1 aromatic rings. The molecule has 0 bridgehead atoms. The summed E-state index contributed by atoms with van der Waals surface area (Å²) in [5, 5.41) is 3.48. The Bertz CT molecular complexity index is 487. The van der Waals surface area contributed by atoms with Crippen LogP contribution in [0.4, 0.5) is 0 Å². The average Bonchev–Trinajstić information content (AvgIpc) is 2.78. The van der Waals surface area contributed by atoms with Crippen molar-refractivity contribution >= 4 is 21.9 Å².